The summed E-state index contributed by atoms with van der Waals surface area (Å²) < 4.78 is 18.6. The number of rotatable bonds is 7. The average Bonchev–Trinajstić information content (AvgIpc) is 3.39. The van der Waals surface area contributed by atoms with E-state index in [1.165, 1.54) is 0 Å². The number of benzene rings is 2. The molecular weight excluding hydrogens is 509 g/mol. The first kappa shape index (κ1) is 26.4. The molecule has 3 fully saturated rings. The van der Waals surface area contributed by atoms with Crippen LogP contribution in [-0.2, 0) is 15.1 Å². The highest BCUT2D eigenvalue weighted by Gasteiger charge is 2.42. The van der Waals surface area contributed by atoms with Crippen molar-refractivity contribution in [1.82, 2.24) is 15.1 Å². The van der Waals surface area contributed by atoms with Crippen molar-refractivity contribution in [3.8, 4) is 22.4 Å². The van der Waals surface area contributed by atoms with Crippen LogP contribution in [0.15, 0.2) is 60.7 Å². The summed E-state index contributed by atoms with van der Waals surface area (Å²) in [6, 6.07) is 19.7. The topological polar surface area (TPSA) is 110 Å². The Hall–Kier alpha value is -3.85. The summed E-state index contributed by atoms with van der Waals surface area (Å²) in [6.07, 6.45) is 3.59. The second-order valence-electron chi connectivity index (χ2n) is 11.3. The van der Waals surface area contributed by atoms with Crippen molar-refractivity contribution in [3.05, 3.63) is 66.2 Å². The molecule has 6 rings (SSSR count). The highest BCUT2D eigenvalue weighted by atomic mass is 19.1. The Labute approximate surface area is 233 Å². The Morgan fingerprint density at radius 2 is 1.75 bits per heavy atom. The van der Waals surface area contributed by atoms with Crippen molar-refractivity contribution in [2.24, 2.45) is 11.7 Å². The Morgan fingerprint density at radius 3 is 2.40 bits per heavy atom. The van der Waals surface area contributed by atoms with Crippen molar-refractivity contribution < 1.29 is 18.7 Å². The smallest absolute Gasteiger partial charge is 0.410 e. The summed E-state index contributed by atoms with van der Waals surface area (Å²) in [4.78, 5) is 26.7. The maximum atomic E-state index is 13.5. The minimum absolute atomic E-state index is 0.0886. The number of nitrogens with one attached hydrogen (secondary N) is 1. The van der Waals surface area contributed by atoms with Gasteiger partial charge < -0.3 is 20.7 Å². The normalized spacial score (nSPS) is 26.2. The number of carbonyl (C=O) groups excluding carboxylic acids is 2. The van der Waals surface area contributed by atoms with Crippen molar-refractivity contribution in [2.45, 2.75) is 62.7 Å². The van der Waals surface area contributed by atoms with Crippen LogP contribution in [0.2, 0.25) is 0 Å². The second-order valence-corrected chi connectivity index (χ2v) is 11.3. The van der Waals surface area contributed by atoms with Gasteiger partial charge in [-0.05, 0) is 48.8 Å². The van der Waals surface area contributed by atoms with Crippen LogP contribution in [0.5, 0.6) is 0 Å². The number of aromatic nitrogens is 2. The van der Waals surface area contributed by atoms with E-state index in [9.17, 15) is 14.0 Å². The molecule has 0 unspecified atom stereocenters. The first-order valence-electron chi connectivity index (χ1n) is 14.1. The average molecular weight is 544 g/mol. The maximum absolute atomic E-state index is 13.5. The minimum Gasteiger partial charge on any atom is -0.448 e. The fourth-order valence-corrected chi connectivity index (χ4v) is 6.28. The van der Waals surface area contributed by atoms with Gasteiger partial charge in [0.25, 0.3) is 0 Å². The number of hydrogen-bond donors (Lipinski definition) is 2. The number of hydrogen-bond acceptors (Lipinski definition) is 6. The molecule has 1 aliphatic heterocycles. The molecule has 2 saturated carbocycles. The molecule has 3 N–H and O–H groups in total. The summed E-state index contributed by atoms with van der Waals surface area (Å²) in [7, 11) is 0. The number of carbonyl (C=O) groups is 2. The molecule has 3 aromatic rings. The third kappa shape index (κ3) is 5.43. The molecule has 40 heavy (non-hydrogen) atoms. The number of nitrogens with two attached hydrogens (primary N) is 1. The van der Waals surface area contributed by atoms with Gasteiger partial charge in [0, 0.05) is 42.0 Å². The molecule has 2 heterocycles. The summed E-state index contributed by atoms with van der Waals surface area (Å²) in [5, 5.41) is 11.8. The predicted molar refractivity (Wildman–Crippen MR) is 150 cm³/mol. The van der Waals surface area contributed by atoms with E-state index in [0.29, 0.717) is 43.9 Å². The fraction of sp³-hybridized carbons (Fsp3) is 0.419. The molecule has 0 radical (unpaired) electrons. The van der Waals surface area contributed by atoms with Crippen LogP contribution >= 0.6 is 0 Å². The monoisotopic (exact) mass is 543 g/mol. The zero-order chi connectivity index (χ0) is 27.7. The SMILES string of the molecule is N[C@]1(c2ccc(-c3nnc(NC(=O)CC4CCC(N5CCOC5=O)CC4)cc3-c3ccccc3)cc2)C[C@@H](F)C1. The maximum Gasteiger partial charge on any atom is 0.410 e. The van der Waals surface area contributed by atoms with Gasteiger partial charge in [-0.1, -0.05) is 54.6 Å². The van der Waals surface area contributed by atoms with E-state index < -0.39 is 11.7 Å². The van der Waals surface area contributed by atoms with E-state index in [4.69, 9.17) is 10.5 Å². The van der Waals surface area contributed by atoms with Gasteiger partial charge in [-0.2, -0.15) is 0 Å². The molecular formula is C31H34FN5O3. The number of halogens is 1. The lowest BCUT2D eigenvalue weighted by Gasteiger charge is -2.41. The van der Waals surface area contributed by atoms with Crippen LogP contribution in [0.3, 0.4) is 0 Å². The number of nitrogens with zero attached hydrogens (tertiary/aromatic N) is 3. The van der Waals surface area contributed by atoms with Crippen LogP contribution < -0.4 is 11.1 Å². The van der Waals surface area contributed by atoms with Crippen LogP contribution in [0.25, 0.3) is 22.4 Å². The first-order valence-corrected chi connectivity index (χ1v) is 14.1. The lowest BCUT2D eigenvalue weighted by atomic mass is 9.71. The quantitative estimate of drug-likeness (QED) is 0.411. The van der Waals surface area contributed by atoms with Crippen molar-refractivity contribution >= 4 is 17.8 Å². The van der Waals surface area contributed by atoms with Gasteiger partial charge >= 0.3 is 6.09 Å². The molecule has 1 saturated heterocycles. The van der Waals surface area contributed by atoms with E-state index in [0.717, 1.165) is 47.9 Å². The van der Waals surface area contributed by atoms with Gasteiger partial charge in [0.05, 0.1) is 6.54 Å². The second kappa shape index (κ2) is 11.0. The third-order valence-electron chi connectivity index (χ3n) is 8.57. The number of anilines is 1. The Bertz CT molecular complexity index is 1370. The van der Waals surface area contributed by atoms with Crippen LogP contribution in [0, 0.1) is 5.92 Å². The Kier molecular flexibility index (Phi) is 7.23. The molecule has 0 bridgehead atoms. The summed E-state index contributed by atoms with van der Waals surface area (Å²) in [6.45, 7) is 1.12. The fourth-order valence-electron chi connectivity index (χ4n) is 6.28. The van der Waals surface area contributed by atoms with Crippen molar-refractivity contribution in [3.63, 3.8) is 0 Å². The standard InChI is InChI=1S/C31H34FN5O3/c32-24-18-31(33,19-24)23-10-8-22(9-11-23)29-26(21-4-2-1-3-5-21)17-27(35-36-29)34-28(38)16-20-6-12-25(13-7-20)37-14-15-40-30(37)39/h1-5,8-11,17,20,24-25H,6-7,12-16,18-19,33H2,(H,34,35,38)/t20?,24-,25?,31-. The van der Waals surface area contributed by atoms with Crippen LogP contribution in [0.4, 0.5) is 15.0 Å². The molecule has 9 heteroatoms. The Morgan fingerprint density at radius 1 is 1.02 bits per heavy atom. The lowest BCUT2D eigenvalue weighted by molar-refractivity contribution is -0.117. The van der Waals surface area contributed by atoms with E-state index in [1.807, 2.05) is 65.6 Å². The van der Waals surface area contributed by atoms with Gasteiger partial charge in [-0.3, -0.25) is 4.79 Å². The molecule has 2 aromatic carbocycles. The van der Waals surface area contributed by atoms with Crippen LogP contribution in [0.1, 0.15) is 50.5 Å². The zero-order valence-electron chi connectivity index (χ0n) is 22.4. The third-order valence-corrected chi connectivity index (χ3v) is 8.57. The molecule has 1 aromatic heterocycles. The van der Waals surface area contributed by atoms with E-state index in [1.54, 1.807) is 0 Å². The minimum atomic E-state index is -0.839. The zero-order valence-corrected chi connectivity index (χ0v) is 22.4. The number of cyclic esters (lactones) is 1. The van der Waals surface area contributed by atoms with E-state index in [-0.39, 0.29) is 24.0 Å². The van der Waals surface area contributed by atoms with E-state index >= 15 is 0 Å². The predicted octanol–water partition coefficient (Wildman–Crippen LogP) is 5.44. The molecule has 208 valence electrons. The summed E-state index contributed by atoms with van der Waals surface area (Å²) in [5.74, 6) is 0.583. The van der Waals surface area contributed by atoms with Crippen molar-refractivity contribution in [2.75, 3.05) is 18.5 Å². The number of alkyl halides is 1. The Balaban J connectivity index is 1.15. The lowest BCUT2D eigenvalue weighted by Crippen LogP contribution is -2.50. The number of ether oxygens (including phenoxy) is 1. The largest absolute Gasteiger partial charge is 0.448 e. The molecule has 3 aliphatic rings. The molecule has 0 atom stereocenters. The van der Waals surface area contributed by atoms with Gasteiger partial charge in [-0.25, -0.2) is 9.18 Å². The summed E-state index contributed by atoms with van der Waals surface area (Å²) >= 11 is 0. The van der Waals surface area contributed by atoms with E-state index in [2.05, 4.69) is 15.5 Å². The van der Waals surface area contributed by atoms with Gasteiger partial charge in [0.2, 0.25) is 5.91 Å². The van der Waals surface area contributed by atoms with Gasteiger partial charge in [0.15, 0.2) is 5.82 Å². The van der Waals surface area contributed by atoms with Crippen molar-refractivity contribution in [1.29, 1.82) is 0 Å². The molecule has 2 aliphatic carbocycles. The van der Waals surface area contributed by atoms with Gasteiger partial charge in [-0.15, -0.1) is 10.2 Å². The highest BCUT2D eigenvalue weighted by Crippen LogP contribution is 2.42. The number of amides is 2. The van der Waals surface area contributed by atoms with Gasteiger partial charge in [0.1, 0.15) is 18.5 Å². The molecule has 0 spiro atoms. The molecule has 8 nitrogen and oxygen atoms in total. The molecule has 2 amide bonds. The summed E-state index contributed by atoms with van der Waals surface area (Å²) in [5.41, 5.74) is 10.0. The highest BCUT2D eigenvalue weighted by molar-refractivity contribution is 5.91. The first-order chi connectivity index (χ1) is 19.4. The van der Waals surface area contributed by atoms with Crippen LogP contribution in [-0.4, -0.2) is 52.5 Å².